The molecule has 0 radical (unpaired) electrons. The first kappa shape index (κ1) is 23.7. The minimum Gasteiger partial charge on any atom is -0.466 e. The Balaban J connectivity index is 1.75. The fraction of sp³-hybridized carbons (Fsp3) is 0.222. The molecule has 170 valence electrons. The van der Waals surface area contributed by atoms with Gasteiger partial charge in [0.25, 0.3) is 5.91 Å². The highest BCUT2D eigenvalue weighted by Gasteiger charge is 2.23. The van der Waals surface area contributed by atoms with Gasteiger partial charge in [-0.1, -0.05) is 78.9 Å². The summed E-state index contributed by atoms with van der Waals surface area (Å²) < 4.78 is 5.08. The van der Waals surface area contributed by atoms with E-state index < -0.39 is 12.1 Å². The molecule has 0 fully saturated rings. The van der Waals surface area contributed by atoms with Crippen molar-refractivity contribution in [1.82, 2.24) is 10.6 Å². The van der Waals surface area contributed by atoms with E-state index in [1.165, 1.54) is 0 Å². The Labute approximate surface area is 194 Å². The maximum Gasteiger partial charge on any atom is 0.308 e. The van der Waals surface area contributed by atoms with E-state index in [1.807, 2.05) is 66.7 Å². The van der Waals surface area contributed by atoms with Crippen molar-refractivity contribution in [3.8, 4) is 0 Å². The molecule has 2 N–H and O–H groups in total. The van der Waals surface area contributed by atoms with Gasteiger partial charge in [0, 0.05) is 5.56 Å². The van der Waals surface area contributed by atoms with Gasteiger partial charge in [-0.05, 0) is 30.2 Å². The van der Waals surface area contributed by atoms with Gasteiger partial charge in [0.05, 0.1) is 31.5 Å². The monoisotopic (exact) mass is 444 g/mol. The van der Waals surface area contributed by atoms with Gasteiger partial charge in [0.15, 0.2) is 0 Å². The maximum atomic E-state index is 13.1. The van der Waals surface area contributed by atoms with Gasteiger partial charge in [0.2, 0.25) is 5.91 Å². The van der Waals surface area contributed by atoms with Crippen LogP contribution in [0.15, 0.2) is 91.0 Å². The average molecular weight is 445 g/mol. The van der Waals surface area contributed by atoms with Crippen LogP contribution in [0.5, 0.6) is 0 Å². The molecule has 2 amide bonds. The second kappa shape index (κ2) is 12.2. The molecule has 2 atom stereocenters. The molecule has 3 aromatic carbocycles. The molecule has 33 heavy (non-hydrogen) atoms. The Morgan fingerprint density at radius 2 is 1.18 bits per heavy atom. The quantitative estimate of drug-likeness (QED) is 0.455. The number of rotatable bonds is 10. The molecule has 6 heteroatoms. The highest BCUT2D eigenvalue weighted by Crippen LogP contribution is 2.21. The Morgan fingerprint density at radius 1 is 0.697 bits per heavy atom. The minimum atomic E-state index is -0.530. The Kier molecular flexibility index (Phi) is 8.77. The number of hydrogen-bond donors (Lipinski definition) is 2. The molecular formula is C27H28N2O4. The van der Waals surface area contributed by atoms with Crippen LogP contribution in [0.25, 0.3) is 0 Å². The number of esters is 1. The van der Waals surface area contributed by atoms with Crippen molar-refractivity contribution in [2.24, 2.45) is 0 Å². The summed E-state index contributed by atoms with van der Waals surface area (Å²) in [4.78, 5) is 37.9. The van der Waals surface area contributed by atoms with E-state index in [2.05, 4.69) is 10.6 Å². The first-order chi connectivity index (χ1) is 16.1. The summed E-state index contributed by atoms with van der Waals surface area (Å²) in [6, 6.07) is 26.5. The number of hydrogen-bond acceptors (Lipinski definition) is 4. The fourth-order valence-electron chi connectivity index (χ4n) is 3.53. The Bertz CT molecular complexity index is 1040. The zero-order valence-corrected chi connectivity index (χ0v) is 18.6. The Hall–Kier alpha value is -3.93. The highest BCUT2D eigenvalue weighted by molar-refractivity contribution is 5.94. The molecule has 0 saturated heterocycles. The van der Waals surface area contributed by atoms with Crippen molar-refractivity contribution >= 4 is 17.8 Å². The third-order valence-electron chi connectivity index (χ3n) is 5.15. The number of carbonyl (C=O) groups is 3. The molecule has 0 unspecified atom stereocenters. The van der Waals surface area contributed by atoms with Gasteiger partial charge in [-0.25, -0.2) is 0 Å². The molecule has 3 rings (SSSR count). The lowest BCUT2D eigenvalue weighted by Gasteiger charge is -2.22. The second-order valence-electron chi connectivity index (χ2n) is 7.55. The van der Waals surface area contributed by atoms with Gasteiger partial charge < -0.3 is 15.4 Å². The van der Waals surface area contributed by atoms with E-state index in [0.29, 0.717) is 5.56 Å². The fourth-order valence-corrected chi connectivity index (χ4v) is 3.53. The number of ether oxygens (including phenoxy) is 1. The standard InChI is InChI=1S/C27H28N2O4/c1-2-33-26(31)19-24(21-14-8-4-9-15-21)28-25(30)18-23(20-12-6-3-7-13-20)29-27(32)22-16-10-5-11-17-22/h3-17,23-24H,2,18-19H2,1H3,(H,28,30)(H,29,32)/t23-,24-/m1/s1. The molecule has 0 spiro atoms. The van der Waals surface area contributed by atoms with Crippen LogP contribution >= 0.6 is 0 Å². The molecular weight excluding hydrogens is 416 g/mol. The van der Waals surface area contributed by atoms with Crippen molar-refractivity contribution in [3.05, 3.63) is 108 Å². The highest BCUT2D eigenvalue weighted by atomic mass is 16.5. The van der Waals surface area contributed by atoms with Gasteiger partial charge in [-0.3, -0.25) is 14.4 Å². The molecule has 0 bridgehead atoms. The summed E-state index contributed by atoms with van der Waals surface area (Å²) >= 11 is 0. The molecule has 0 aliphatic heterocycles. The normalized spacial score (nSPS) is 12.3. The van der Waals surface area contributed by atoms with Crippen LogP contribution in [0.4, 0.5) is 0 Å². The molecule has 3 aromatic rings. The zero-order chi connectivity index (χ0) is 23.5. The number of carbonyl (C=O) groups excluding carboxylic acids is 3. The summed E-state index contributed by atoms with van der Waals surface area (Å²) in [5.41, 5.74) is 2.14. The number of nitrogens with one attached hydrogen (secondary N) is 2. The van der Waals surface area contributed by atoms with Crippen LogP contribution in [0.2, 0.25) is 0 Å². The van der Waals surface area contributed by atoms with Crippen LogP contribution in [-0.4, -0.2) is 24.4 Å². The summed E-state index contributed by atoms with van der Waals surface area (Å²) in [5.74, 6) is -0.928. The largest absolute Gasteiger partial charge is 0.466 e. The second-order valence-corrected chi connectivity index (χ2v) is 7.55. The minimum absolute atomic E-state index is 0.0226. The lowest BCUT2D eigenvalue weighted by Crippen LogP contribution is -2.36. The van der Waals surface area contributed by atoms with E-state index in [4.69, 9.17) is 4.74 Å². The average Bonchev–Trinajstić information content (AvgIpc) is 2.85. The lowest BCUT2D eigenvalue weighted by atomic mass is 10.0. The first-order valence-electron chi connectivity index (χ1n) is 11.0. The SMILES string of the molecule is CCOC(=O)C[C@@H](NC(=O)C[C@@H](NC(=O)c1ccccc1)c1ccccc1)c1ccccc1. The third-order valence-corrected chi connectivity index (χ3v) is 5.15. The molecule has 0 aromatic heterocycles. The van der Waals surface area contributed by atoms with Crippen molar-refractivity contribution in [2.75, 3.05) is 6.61 Å². The van der Waals surface area contributed by atoms with E-state index >= 15 is 0 Å². The van der Waals surface area contributed by atoms with E-state index in [9.17, 15) is 14.4 Å². The summed E-state index contributed by atoms with van der Waals surface area (Å²) in [7, 11) is 0. The van der Waals surface area contributed by atoms with Gasteiger partial charge in [-0.15, -0.1) is 0 Å². The van der Waals surface area contributed by atoms with Crippen LogP contribution < -0.4 is 10.6 Å². The van der Waals surface area contributed by atoms with Crippen molar-refractivity contribution in [1.29, 1.82) is 0 Å². The van der Waals surface area contributed by atoms with E-state index in [1.54, 1.807) is 31.2 Å². The van der Waals surface area contributed by atoms with Crippen molar-refractivity contribution < 1.29 is 19.1 Å². The van der Waals surface area contributed by atoms with Crippen LogP contribution in [0.3, 0.4) is 0 Å². The van der Waals surface area contributed by atoms with Crippen molar-refractivity contribution in [3.63, 3.8) is 0 Å². The van der Waals surface area contributed by atoms with E-state index in [0.717, 1.165) is 11.1 Å². The van der Waals surface area contributed by atoms with Gasteiger partial charge >= 0.3 is 5.97 Å². The van der Waals surface area contributed by atoms with Gasteiger partial charge in [0.1, 0.15) is 0 Å². The van der Waals surface area contributed by atoms with Crippen LogP contribution in [0.1, 0.15) is 53.3 Å². The predicted molar refractivity (Wildman–Crippen MR) is 126 cm³/mol. The molecule has 6 nitrogen and oxygen atoms in total. The summed E-state index contributed by atoms with van der Waals surface area (Å²) in [6.07, 6.45) is 0.0463. The van der Waals surface area contributed by atoms with Crippen molar-refractivity contribution in [2.45, 2.75) is 31.8 Å². The Morgan fingerprint density at radius 3 is 1.70 bits per heavy atom. The predicted octanol–water partition coefficient (Wildman–Crippen LogP) is 4.36. The topological polar surface area (TPSA) is 84.5 Å². The first-order valence-corrected chi connectivity index (χ1v) is 11.0. The zero-order valence-electron chi connectivity index (χ0n) is 18.6. The molecule has 0 aliphatic rings. The van der Waals surface area contributed by atoms with Crippen LogP contribution in [0, 0.1) is 0 Å². The van der Waals surface area contributed by atoms with Gasteiger partial charge in [-0.2, -0.15) is 0 Å². The molecule has 0 aliphatic carbocycles. The maximum absolute atomic E-state index is 13.1. The smallest absolute Gasteiger partial charge is 0.308 e. The summed E-state index contributed by atoms with van der Waals surface area (Å²) in [6.45, 7) is 2.02. The summed E-state index contributed by atoms with van der Waals surface area (Å²) in [5, 5.41) is 5.91. The number of amides is 2. The molecule has 0 saturated carbocycles. The number of benzene rings is 3. The lowest BCUT2D eigenvalue weighted by molar-refractivity contribution is -0.143. The van der Waals surface area contributed by atoms with E-state index in [-0.39, 0.29) is 37.2 Å². The third kappa shape index (κ3) is 7.31. The van der Waals surface area contributed by atoms with Crippen LogP contribution in [-0.2, 0) is 14.3 Å². The molecule has 0 heterocycles.